The normalized spacial score (nSPS) is 24.2. The molecular weight excluding hydrogens is 461 g/mol. The molecule has 1 spiro atoms. The predicted molar refractivity (Wildman–Crippen MR) is 109 cm³/mol. The van der Waals surface area contributed by atoms with Gasteiger partial charge in [0.2, 0.25) is 11.8 Å². The smallest absolute Gasteiger partial charge is 0.337 e. The zero-order chi connectivity index (χ0) is 26.2. The van der Waals surface area contributed by atoms with Gasteiger partial charge >= 0.3 is 18.1 Å². The van der Waals surface area contributed by atoms with Crippen LogP contribution in [0.25, 0.3) is 0 Å². The maximum Gasteiger partial charge on any atom is 0.471 e. The average molecular weight is 488 g/mol. The average Bonchev–Trinajstić information content (AvgIpc) is 3.23. The summed E-state index contributed by atoms with van der Waals surface area (Å²) in [5, 5.41) is 13.3. The Morgan fingerprint density at radius 3 is 2.32 bits per heavy atom. The minimum atomic E-state index is -5.19. The van der Waals surface area contributed by atoms with Crippen LogP contribution in [0.1, 0.15) is 33.6 Å². The number of hydrogen-bond donors (Lipinski definition) is 2. The van der Waals surface area contributed by atoms with E-state index in [1.165, 1.54) is 14.1 Å². The maximum absolute atomic E-state index is 13.5. The third-order valence-corrected chi connectivity index (χ3v) is 6.13. The van der Waals surface area contributed by atoms with Gasteiger partial charge in [-0.15, -0.1) is 0 Å². The fraction of sp³-hybridized carbons (Fsp3) is 0.700. The zero-order valence-electron chi connectivity index (χ0n) is 19.4. The lowest BCUT2D eigenvalue weighted by molar-refractivity contribution is -0.175. The number of likely N-dealkylation sites (N-methyl/N-ethyl adjacent to an activating group) is 2. The molecule has 2 rings (SSSR count). The minimum absolute atomic E-state index is 0.101. The number of rotatable bonds is 6. The topological polar surface area (TPSA) is 143 Å². The summed E-state index contributed by atoms with van der Waals surface area (Å²) in [6.07, 6.45) is -5.22. The van der Waals surface area contributed by atoms with E-state index in [1.54, 1.807) is 19.2 Å². The molecule has 0 aliphatic carbocycles. The molecule has 11 nitrogen and oxygen atoms in total. The molecule has 0 bridgehead atoms. The summed E-state index contributed by atoms with van der Waals surface area (Å²) in [4.78, 5) is 65.2. The highest BCUT2D eigenvalue weighted by atomic mass is 19.4. The van der Waals surface area contributed by atoms with E-state index >= 15 is 0 Å². The van der Waals surface area contributed by atoms with E-state index in [2.05, 4.69) is 5.32 Å². The fourth-order valence-electron chi connectivity index (χ4n) is 4.15. The van der Waals surface area contributed by atoms with Crippen LogP contribution in [0.3, 0.4) is 0 Å². The Morgan fingerprint density at radius 2 is 1.88 bits per heavy atom. The standard InChI is InChI=1S/C20H27F3N6O5/c1-10(2)6-13(27(4)14(30)11(3)25-17(33)20(21,22)23)15(31)29-9-19(7-12(29)8-24)16(32)26-18(34)28(19)5/h10-13H,6-7,9H2,1-5H3,(H,25,33)(H,26,32,34)/t11-,12-,13-,19+/m0/s1. The van der Waals surface area contributed by atoms with Gasteiger partial charge in [-0.25, -0.2) is 4.79 Å². The lowest BCUT2D eigenvalue weighted by atomic mass is 9.95. The first-order valence-corrected chi connectivity index (χ1v) is 10.5. The van der Waals surface area contributed by atoms with Gasteiger partial charge in [-0.3, -0.25) is 24.5 Å². The Kier molecular flexibility index (Phi) is 7.49. The molecule has 188 valence electrons. The summed E-state index contributed by atoms with van der Waals surface area (Å²) in [7, 11) is 2.59. The molecule has 2 saturated heterocycles. The van der Waals surface area contributed by atoms with Crippen LogP contribution in [0.4, 0.5) is 18.0 Å². The first-order chi connectivity index (χ1) is 15.6. The van der Waals surface area contributed by atoms with Crippen LogP contribution >= 0.6 is 0 Å². The number of carbonyl (C=O) groups is 5. The van der Waals surface area contributed by atoms with Crippen molar-refractivity contribution in [2.24, 2.45) is 5.92 Å². The molecule has 0 aromatic heterocycles. The van der Waals surface area contributed by atoms with Crippen molar-refractivity contribution in [3.8, 4) is 6.07 Å². The third kappa shape index (κ3) is 4.92. The number of carbonyl (C=O) groups excluding carboxylic acids is 5. The second-order valence-electron chi connectivity index (χ2n) is 8.95. The molecule has 2 N–H and O–H groups in total. The number of halogens is 3. The van der Waals surface area contributed by atoms with Crippen LogP contribution in [-0.4, -0.2) is 94.8 Å². The largest absolute Gasteiger partial charge is 0.471 e. The van der Waals surface area contributed by atoms with Gasteiger partial charge < -0.3 is 20.0 Å². The molecule has 2 fully saturated rings. The van der Waals surface area contributed by atoms with Crippen molar-refractivity contribution in [1.82, 2.24) is 25.3 Å². The van der Waals surface area contributed by atoms with Crippen molar-refractivity contribution in [3.05, 3.63) is 0 Å². The number of nitrogens with one attached hydrogen (secondary N) is 2. The van der Waals surface area contributed by atoms with Gasteiger partial charge in [-0.05, 0) is 19.3 Å². The first-order valence-electron chi connectivity index (χ1n) is 10.5. The highest BCUT2D eigenvalue weighted by Gasteiger charge is 2.59. The van der Waals surface area contributed by atoms with Gasteiger partial charge in [-0.1, -0.05) is 13.8 Å². The third-order valence-electron chi connectivity index (χ3n) is 6.13. The maximum atomic E-state index is 13.5. The molecule has 0 aromatic rings. The highest BCUT2D eigenvalue weighted by molar-refractivity contribution is 6.08. The van der Waals surface area contributed by atoms with Crippen LogP contribution in [0.2, 0.25) is 0 Å². The number of amides is 6. The van der Waals surface area contributed by atoms with E-state index in [9.17, 15) is 42.4 Å². The Morgan fingerprint density at radius 1 is 1.29 bits per heavy atom. The summed E-state index contributed by atoms with van der Waals surface area (Å²) in [6.45, 7) is 4.30. The molecule has 14 heteroatoms. The summed E-state index contributed by atoms with van der Waals surface area (Å²) in [5.74, 6) is -4.71. The summed E-state index contributed by atoms with van der Waals surface area (Å²) < 4.78 is 37.7. The molecule has 0 unspecified atom stereocenters. The van der Waals surface area contributed by atoms with E-state index in [4.69, 9.17) is 0 Å². The highest BCUT2D eigenvalue weighted by Crippen LogP contribution is 2.36. The van der Waals surface area contributed by atoms with E-state index in [1.807, 2.05) is 6.07 Å². The SMILES string of the molecule is CC(C)C[C@@H](C(=O)N1C[C@]2(C[C@H]1C#N)C(=O)NC(=O)N2C)N(C)C(=O)[C@H](C)NC(=O)C(F)(F)F. The molecule has 0 radical (unpaired) electrons. The van der Waals surface area contributed by atoms with Crippen molar-refractivity contribution in [1.29, 1.82) is 5.26 Å². The molecule has 2 aliphatic heterocycles. The number of nitrogens with zero attached hydrogens (tertiary/aromatic N) is 4. The molecule has 2 aliphatic rings. The Hall–Kier alpha value is -3.37. The monoisotopic (exact) mass is 488 g/mol. The fourth-order valence-corrected chi connectivity index (χ4v) is 4.15. The predicted octanol–water partition coefficient (Wildman–Crippen LogP) is -0.0286. The molecular formula is C20H27F3N6O5. The van der Waals surface area contributed by atoms with Crippen LogP contribution < -0.4 is 10.6 Å². The molecule has 2 heterocycles. The van der Waals surface area contributed by atoms with Crippen LogP contribution in [-0.2, 0) is 19.2 Å². The summed E-state index contributed by atoms with van der Waals surface area (Å²) >= 11 is 0. The van der Waals surface area contributed by atoms with E-state index in [0.29, 0.717) is 0 Å². The molecule has 6 amide bonds. The van der Waals surface area contributed by atoms with Crippen LogP contribution in [0, 0.1) is 17.2 Å². The zero-order valence-corrected chi connectivity index (χ0v) is 19.4. The first kappa shape index (κ1) is 26.9. The van der Waals surface area contributed by atoms with Crippen LogP contribution in [0.15, 0.2) is 0 Å². The molecule has 4 atom stereocenters. The second-order valence-corrected chi connectivity index (χ2v) is 8.95. The van der Waals surface area contributed by atoms with Gasteiger partial charge in [0.15, 0.2) is 0 Å². The number of urea groups is 1. The Labute approximate surface area is 194 Å². The van der Waals surface area contributed by atoms with Crippen molar-refractivity contribution in [2.75, 3.05) is 20.6 Å². The number of imide groups is 1. The number of alkyl halides is 3. The van der Waals surface area contributed by atoms with Crippen molar-refractivity contribution in [2.45, 2.75) is 63.5 Å². The lowest BCUT2D eigenvalue weighted by Gasteiger charge is -2.35. The van der Waals surface area contributed by atoms with Crippen molar-refractivity contribution in [3.63, 3.8) is 0 Å². The number of hydrogen-bond acceptors (Lipinski definition) is 6. The Balaban J connectivity index is 2.30. The van der Waals surface area contributed by atoms with E-state index in [0.717, 1.165) is 21.6 Å². The van der Waals surface area contributed by atoms with Gasteiger partial charge in [0, 0.05) is 20.5 Å². The Bertz CT molecular complexity index is 933. The van der Waals surface area contributed by atoms with Crippen LogP contribution in [0.5, 0.6) is 0 Å². The number of likely N-dealkylation sites (tertiary alicyclic amines) is 1. The summed E-state index contributed by atoms with van der Waals surface area (Å²) in [5.41, 5.74) is -1.44. The lowest BCUT2D eigenvalue weighted by Crippen LogP contribution is -2.57. The molecule has 0 saturated carbocycles. The quantitative estimate of drug-likeness (QED) is 0.503. The van der Waals surface area contributed by atoms with Crippen molar-refractivity contribution < 1.29 is 37.1 Å². The molecule has 34 heavy (non-hydrogen) atoms. The van der Waals surface area contributed by atoms with Gasteiger partial charge in [0.25, 0.3) is 5.91 Å². The van der Waals surface area contributed by atoms with Gasteiger partial charge in [-0.2, -0.15) is 18.4 Å². The van der Waals surface area contributed by atoms with Gasteiger partial charge in [0.05, 0.1) is 12.6 Å². The van der Waals surface area contributed by atoms with Gasteiger partial charge in [0.1, 0.15) is 23.7 Å². The van der Waals surface area contributed by atoms with Crippen molar-refractivity contribution >= 4 is 29.7 Å². The number of nitriles is 1. The summed E-state index contributed by atoms with van der Waals surface area (Å²) in [6, 6.07) is -2.57. The van der Waals surface area contributed by atoms with E-state index in [-0.39, 0.29) is 25.3 Å². The van der Waals surface area contributed by atoms with E-state index < -0.39 is 59.5 Å². The molecule has 0 aromatic carbocycles. The second kappa shape index (κ2) is 9.47. The minimum Gasteiger partial charge on any atom is -0.337 e.